The van der Waals surface area contributed by atoms with E-state index in [1.165, 1.54) is 0 Å². The largest absolute Gasteiger partial charge is 0.461 e. The quantitative estimate of drug-likeness (QED) is 0.746. The summed E-state index contributed by atoms with van der Waals surface area (Å²) < 4.78 is 4.91. The standard InChI is InChI=1S/C10H16N2O2/c1-4-7-8(5-2)11-12-9(7)10(13)14-6-3/h4-6H2,1-3H3,(H,11,12). The molecule has 0 aliphatic heterocycles. The molecule has 0 saturated heterocycles. The molecule has 0 amide bonds. The van der Waals surface area contributed by atoms with Gasteiger partial charge in [-0.15, -0.1) is 0 Å². The number of hydrogen-bond donors (Lipinski definition) is 1. The van der Waals surface area contributed by atoms with Crippen LogP contribution in [-0.4, -0.2) is 22.8 Å². The van der Waals surface area contributed by atoms with Gasteiger partial charge in [0.05, 0.1) is 6.61 Å². The number of aromatic amines is 1. The van der Waals surface area contributed by atoms with Gasteiger partial charge in [0.1, 0.15) is 0 Å². The minimum Gasteiger partial charge on any atom is -0.461 e. The summed E-state index contributed by atoms with van der Waals surface area (Å²) in [6, 6.07) is 0. The second-order valence-electron chi connectivity index (χ2n) is 2.96. The van der Waals surface area contributed by atoms with Gasteiger partial charge < -0.3 is 4.74 Å². The second-order valence-corrected chi connectivity index (χ2v) is 2.96. The first-order valence-corrected chi connectivity index (χ1v) is 4.97. The van der Waals surface area contributed by atoms with Crippen molar-refractivity contribution in [2.24, 2.45) is 0 Å². The number of hydrogen-bond acceptors (Lipinski definition) is 3. The summed E-state index contributed by atoms with van der Waals surface area (Å²) in [7, 11) is 0. The van der Waals surface area contributed by atoms with Gasteiger partial charge in [-0.2, -0.15) is 5.10 Å². The van der Waals surface area contributed by atoms with Gasteiger partial charge in [-0.05, 0) is 19.8 Å². The lowest BCUT2D eigenvalue weighted by molar-refractivity contribution is 0.0518. The monoisotopic (exact) mass is 196 g/mol. The van der Waals surface area contributed by atoms with E-state index in [4.69, 9.17) is 4.74 Å². The number of nitrogens with zero attached hydrogens (tertiary/aromatic N) is 1. The Balaban J connectivity index is 2.96. The van der Waals surface area contributed by atoms with Crippen molar-refractivity contribution in [3.63, 3.8) is 0 Å². The third-order valence-electron chi connectivity index (χ3n) is 2.13. The third kappa shape index (κ3) is 1.95. The van der Waals surface area contributed by atoms with E-state index < -0.39 is 0 Å². The molecular weight excluding hydrogens is 180 g/mol. The average molecular weight is 196 g/mol. The third-order valence-corrected chi connectivity index (χ3v) is 2.13. The Kier molecular flexibility index (Phi) is 3.68. The molecule has 0 aliphatic rings. The number of aryl methyl sites for hydroxylation is 1. The Morgan fingerprint density at radius 3 is 2.57 bits per heavy atom. The molecule has 0 radical (unpaired) electrons. The van der Waals surface area contributed by atoms with E-state index in [9.17, 15) is 4.79 Å². The highest BCUT2D eigenvalue weighted by atomic mass is 16.5. The summed E-state index contributed by atoms with van der Waals surface area (Å²) in [5.41, 5.74) is 2.44. The van der Waals surface area contributed by atoms with Crippen molar-refractivity contribution in [1.82, 2.24) is 10.2 Å². The zero-order chi connectivity index (χ0) is 10.6. The molecule has 0 aliphatic carbocycles. The van der Waals surface area contributed by atoms with Crippen molar-refractivity contribution < 1.29 is 9.53 Å². The molecule has 4 nitrogen and oxygen atoms in total. The van der Waals surface area contributed by atoms with Crippen LogP contribution in [0.4, 0.5) is 0 Å². The van der Waals surface area contributed by atoms with Crippen molar-refractivity contribution >= 4 is 5.97 Å². The van der Waals surface area contributed by atoms with Crippen LogP contribution in [0.15, 0.2) is 0 Å². The number of rotatable bonds is 4. The Morgan fingerprint density at radius 2 is 2.07 bits per heavy atom. The summed E-state index contributed by atoms with van der Waals surface area (Å²) >= 11 is 0. The van der Waals surface area contributed by atoms with Crippen molar-refractivity contribution in [3.05, 3.63) is 17.0 Å². The van der Waals surface area contributed by atoms with E-state index in [1.807, 2.05) is 13.8 Å². The number of carbonyl (C=O) groups is 1. The highest BCUT2D eigenvalue weighted by Gasteiger charge is 2.17. The van der Waals surface area contributed by atoms with Crippen molar-refractivity contribution in [1.29, 1.82) is 0 Å². The molecule has 0 fully saturated rings. The van der Waals surface area contributed by atoms with E-state index >= 15 is 0 Å². The van der Waals surface area contributed by atoms with Crippen LogP contribution in [-0.2, 0) is 17.6 Å². The molecule has 0 atom stereocenters. The molecule has 78 valence electrons. The van der Waals surface area contributed by atoms with Crippen molar-refractivity contribution in [3.8, 4) is 0 Å². The summed E-state index contributed by atoms with van der Waals surface area (Å²) in [6.45, 7) is 6.21. The number of ether oxygens (including phenoxy) is 1. The summed E-state index contributed by atoms with van der Waals surface area (Å²) in [5.74, 6) is -0.333. The lowest BCUT2D eigenvalue weighted by Gasteiger charge is -2.01. The second kappa shape index (κ2) is 4.79. The number of nitrogens with one attached hydrogen (secondary N) is 1. The van der Waals surface area contributed by atoms with Gasteiger partial charge in [0.25, 0.3) is 0 Å². The van der Waals surface area contributed by atoms with Crippen LogP contribution in [0.3, 0.4) is 0 Å². The fraction of sp³-hybridized carbons (Fsp3) is 0.600. The maximum absolute atomic E-state index is 11.4. The molecule has 0 unspecified atom stereocenters. The topological polar surface area (TPSA) is 55.0 Å². The summed E-state index contributed by atoms with van der Waals surface area (Å²) in [6.07, 6.45) is 1.66. The number of carbonyl (C=O) groups excluding carboxylic acids is 1. The van der Waals surface area contributed by atoms with Gasteiger partial charge in [-0.1, -0.05) is 13.8 Å². The van der Waals surface area contributed by atoms with Crippen LogP contribution in [0.2, 0.25) is 0 Å². The van der Waals surface area contributed by atoms with Crippen LogP contribution in [0, 0.1) is 0 Å². The molecule has 0 bridgehead atoms. The predicted octanol–water partition coefficient (Wildman–Crippen LogP) is 1.71. The Hall–Kier alpha value is -1.32. The molecule has 4 heteroatoms. The van der Waals surface area contributed by atoms with Gasteiger partial charge in [0, 0.05) is 11.3 Å². The van der Waals surface area contributed by atoms with E-state index in [2.05, 4.69) is 10.2 Å². The SMILES string of the molecule is CCOC(=O)c1n[nH]c(CC)c1CC. The summed E-state index contributed by atoms with van der Waals surface area (Å²) in [4.78, 5) is 11.4. The van der Waals surface area contributed by atoms with E-state index in [-0.39, 0.29) is 5.97 Å². The van der Waals surface area contributed by atoms with Crippen LogP contribution < -0.4 is 0 Å². The van der Waals surface area contributed by atoms with Crippen LogP contribution in [0.5, 0.6) is 0 Å². The molecule has 1 N–H and O–H groups in total. The van der Waals surface area contributed by atoms with Crippen LogP contribution in [0.1, 0.15) is 42.5 Å². The van der Waals surface area contributed by atoms with Crippen LogP contribution in [0.25, 0.3) is 0 Å². The Bertz CT molecular complexity index is 318. The predicted molar refractivity (Wildman–Crippen MR) is 53.3 cm³/mol. The molecule has 1 aromatic heterocycles. The lowest BCUT2D eigenvalue weighted by atomic mass is 10.1. The first-order chi connectivity index (χ1) is 6.74. The molecule has 14 heavy (non-hydrogen) atoms. The van der Waals surface area contributed by atoms with Gasteiger partial charge >= 0.3 is 5.97 Å². The molecular formula is C10H16N2O2. The zero-order valence-electron chi connectivity index (χ0n) is 8.89. The van der Waals surface area contributed by atoms with Gasteiger partial charge in [0.2, 0.25) is 0 Å². The highest BCUT2D eigenvalue weighted by molar-refractivity contribution is 5.89. The minimum absolute atomic E-state index is 0.333. The Morgan fingerprint density at radius 1 is 1.36 bits per heavy atom. The van der Waals surface area contributed by atoms with Gasteiger partial charge in [-0.3, -0.25) is 5.10 Å². The average Bonchev–Trinajstić information content (AvgIpc) is 2.60. The van der Waals surface area contributed by atoms with Gasteiger partial charge in [0.15, 0.2) is 5.69 Å². The number of aromatic nitrogens is 2. The first-order valence-electron chi connectivity index (χ1n) is 4.97. The van der Waals surface area contributed by atoms with E-state index in [1.54, 1.807) is 6.92 Å². The fourth-order valence-corrected chi connectivity index (χ4v) is 1.44. The molecule has 0 spiro atoms. The normalized spacial score (nSPS) is 10.2. The van der Waals surface area contributed by atoms with Crippen molar-refractivity contribution in [2.75, 3.05) is 6.61 Å². The molecule has 1 aromatic rings. The van der Waals surface area contributed by atoms with Crippen molar-refractivity contribution in [2.45, 2.75) is 33.6 Å². The number of esters is 1. The maximum Gasteiger partial charge on any atom is 0.359 e. The molecule has 1 heterocycles. The molecule has 1 rings (SSSR count). The maximum atomic E-state index is 11.4. The fourth-order valence-electron chi connectivity index (χ4n) is 1.44. The van der Waals surface area contributed by atoms with E-state index in [0.29, 0.717) is 12.3 Å². The first kappa shape index (κ1) is 10.8. The zero-order valence-corrected chi connectivity index (χ0v) is 8.89. The molecule has 0 saturated carbocycles. The molecule has 0 aromatic carbocycles. The Labute approximate surface area is 83.7 Å². The smallest absolute Gasteiger partial charge is 0.359 e. The summed E-state index contributed by atoms with van der Waals surface area (Å²) in [5, 5.41) is 6.84. The highest BCUT2D eigenvalue weighted by Crippen LogP contribution is 2.13. The van der Waals surface area contributed by atoms with Crippen LogP contribution >= 0.6 is 0 Å². The lowest BCUT2D eigenvalue weighted by Crippen LogP contribution is -2.07. The van der Waals surface area contributed by atoms with Gasteiger partial charge in [-0.25, -0.2) is 4.79 Å². The minimum atomic E-state index is -0.333. The number of H-pyrrole nitrogens is 1. The van der Waals surface area contributed by atoms with E-state index in [0.717, 1.165) is 24.1 Å².